The predicted molar refractivity (Wildman–Crippen MR) is 126 cm³/mol. The van der Waals surface area contributed by atoms with Gasteiger partial charge in [0.15, 0.2) is 0 Å². The number of alkyl halides is 2. The fourth-order valence-electron chi connectivity index (χ4n) is 4.67. The Labute approximate surface area is 196 Å². The van der Waals surface area contributed by atoms with Crippen LogP contribution in [0.15, 0.2) is 35.6 Å². The van der Waals surface area contributed by atoms with Crippen LogP contribution >= 0.6 is 0 Å². The van der Waals surface area contributed by atoms with Crippen molar-refractivity contribution in [1.29, 1.82) is 0 Å². The van der Waals surface area contributed by atoms with Gasteiger partial charge in [0.05, 0.1) is 28.8 Å². The Balaban J connectivity index is 1.43. The highest BCUT2D eigenvalue weighted by Crippen LogP contribution is 2.38. The number of amides is 1. The maximum atomic E-state index is 13.3. The predicted octanol–water partition coefficient (Wildman–Crippen LogP) is 4.45. The first kappa shape index (κ1) is 22.4. The minimum Gasteiger partial charge on any atom is -0.350 e. The van der Waals surface area contributed by atoms with Crippen LogP contribution in [0.25, 0.3) is 16.8 Å². The Hall–Kier alpha value is -3.43. The molecule has 0 aliphatic carbocycles. The fourth-order valence-corrected chi connectivity index (χ4v) is 4.67. The van der Waals surface area contributed by atoms with E-state index in [2.05, 4.69) is 20.4 Å². The Morgan fingerprint density at radius 3 is 2.88 bits per heavy atom. The van der Waals surface area contributed by atoms with E-state index in [0.29, 0.717) is 48.8 Å². The molecule has 0 radical (unpaired) electrons. The molecular formula is C24H27F2N7O. The highest BCUT2D eigenvalue weighted by molar-refractivity contribution is 5.86. The number of likely N-dealkylation sites (tertiary alicyclic amines) is 1. The number of hydrogen-bond donors (Lipinski definition) is 1. The highest BCUT2D eigenvalue weighted by Gasteiger charge is 2.26. The van der Waals surface area contributed by atoms with E-state index in [9.17, 15) is 13.6 Å². The quantitative estimate of drug-likeness (QED) is 0.599. The lowest BCUT2D eigenvalue weighted by Gasteiger charge is -2.29. The second-order valence-electron chi connectivity index (χ2n) is 9.10. The van der Waals surface area contributed by atoms with Gasteiger partial charge in [0.2, 0.25) is 18.3 Å². The molecule has 1 fully saturated rings. The first-order valence-electron chi connectivity index (χ1n) is 11.6. The van der Waals surface area contributed by atoms with Crippen molar-refractivity contribution in [3.05, 3.63) is 36.3 Å². The molecule has 0 spiro atoms. The van der Waals surface area contributed by atoms with Crippen LogP contribution in [-0.4, -0.2) is 62.2 Å². The molecule has 1 amide bonds. The molecule has 34 heavy (non-hydrogen) atoms. The molecule has 3 aromatic heterocycles. The molecule has 0 bridgehead atoms. The molecule has 0 aromatic carbocycles. The van der Waals surface area contributed by atoms with Crippen LogP contribution in [0.4, 0.5) is 20.4 Å². The lowest BCUT2D eigenvalue weighted by molar-refractivity contribution is -0.132. The second kappa shape index (κ2) is 9.08. The van der Waals surface area contributed by atoms with E-state index in [1.807, 2.05) is 38.4 Å². The summed E-state index contributed by atoms with van der Waals surface area (Å²) >= 11 is 0. The summed E-state index contributed by atoms with van der Waals surface area (Å²) in [4.78, 5) is 27.6. The molecule has 178 valence electrons. The molecule has 8 nitrogen and oxygen atoms in total. The summed E-state index contributed by atoms with van der Waals surface area (Å²) in [5.74, 6) is 0.218. The number of nitrogens with zero attached hydrogens (tertiary/aromatic N) is 6. The summed E-state index contributed by atoms with van der Waals surface area (Å²) < 4.78 is 28.2. The number of carbonyl (C=O) groups is 1. The van der Waals surface area contributed by atoms with Crippen molar-refractivity contribution in [2.24, 2.45) is 4.99 Å². The van der Waals surface area contributed by atoms with E-state index in [4.69, 9.17) is 4.98 Å². The third kappa shape index (κ3) is 4.49. The molecule has 2 aliphatic rings. The van der Waals surface area contributed by atoms with Gasteiger partial charge < -0.3 is 10.2 Å². The van der Waals surface area contributed by atoms with E-state index >= 15 is 0 Å². The lowest BCUT2D eigenvalue weighted by Crippen LogP contribution is -2.41. The number of fused-ring (bicyclic) bond motifs is 2. The number of hydrogen-bond acceptors (Lipinski definition) is 6. The number of carbonyl (C=O) groups excluding carboxylic acids is 1. The van der Waals surface area contributed by atoms with Crippen LogP contribution in [0.3, 0.4) is 0 Å². The first-order valence-corrected chi connectivity index (χ1v) is 11.6. The van der Waals surface area contributed by atoms with Gasteiger partial charge in [-0.25, -0.2) is 18.3 Å². The van der Waals surface area contributed by atoms with Crippen LogP contribution in [0.5, 0.6) is 0 Å². The third-order valence-electron chi connectivity index (χ3n) is 6.60. The number of piperidine rings is 1. The Kier molecular flexibility index (Phi) is 5.97. The van der Waals surface area contributed by atoms with Crippen molar-refractivity contribution in [1.82, 2.24) is 24.5 Å². The smallest absolute Gasteiger partial charge is 0.241 e. The number of pyridine rings is 1. The van der Waals surface area contributed by atoms with E-state index in [1.165, 1.54) is 0 Å². The van der Waals surface area contributed by atoms with Gasteiger partial charge in [0.25, 0.3) is 0 Å². The lowest BCUT2D eigenvalue weighted by atomic mass is 9.94. The number of rotatable bonds is 5. The average molecular weight is 468 g/mol. The molecule has 1 N–H and O–H groups in total. The number of anilines is 1. The maximum Gasteiger partial charge on any atom is 0.241 e. The van der Waals surface area contributed by atoms with Crippen LogP contribution in [-0.2, 0) is 4.79 Å². The molecule has 5 heterocycles. The van der Waals surface area contributed by atoms with Crippen LogP contribution < -0.4 is 5.32 Å². The fraction of sp³-hybridized carbons (Fsp3) is 0.458. The van der Waals surface area contributed by atoms with Gasteiger partial charge in [-0.3, -0.25) is 14.8 Å². The number of aromatic nitrogens is 4. The molecule has 2 unspecified atom stereocenters. The van der Waals surface area contributed by atoms with Crippen molar-refractivity contribution in [3.8, 4) is 11.3 Å². The molecule has 0 saturated carbocycles. The van der Waals surface area contributed by atoms with Crippen LogP contribution in [0, 0.1) is 0 Å². The van der Waals surface area contributed by atoms with Crippen molar-refractivity contribution in [3.63, 3.8) is 0 Å². The zero-order valence-corrected chi connectivity index (χ0v) is 19.2. The average Bonchev–Trinajstić information content (AvgIpc) is 3.15. The van der Waals surface area contributed by atoms with Crippen molar-refractivity contribution < 1.29 is 13.6 Å². The van der Waals surface area contributed by atoms with Gasteiger partial charge in [-0.1, -0.05) is 0 Å². The van der Waals surface area contributed by atoms with Crippen molar-refractivity contribution in [2.75, 3.05) is 18.9 Å². The molecule has 3 aromatic rings. The normalized spacial score (nSPS) is 20.9. The highest BCUT2D eigenvalue weighted by atomic mass is 19.3. The topological polar surface area (TPSA) is 87.8 Å². The summed E-state index contributed by atoms with van der Waals surface area (Å²) in [6.07, 6.45) is 3.47. The van der Waals surface area contributed by atoms with E-state index < -0.39 is 6.43 Å². The van der Waals surface area contributed by atoms with Gasteiger partial charge in [-0.05, 0) is 44.4 Å². The minimum absolute atomic E-state index is 0.00166. The summed E-state index contributed by atoms with van der Waals surface area (Å²) in [6.45, 7) is 2.63. The largest absolute Gasteiger partial charge is 0.350 e. The number of halogens is 2. The van der Waals surface area contributed by atoms with E-state index in [-0.39, 0.29) is 24.3 Å². The Bertz CT molecular complexity index is 1260. The van der Waals surface area contributed by atoms with E-state index in [1.54, 1.807) is 15.6 Å². The van der Waals surface area contributed by atoms with Crippen molar-refractivity contribution >= 4 is 28.8 Å². The minimum atomic E-state index is -2.39. The van der Waals surface area contributed by atoms with Crippen LogP contribution in [0.2, 0.25) is 0 Å². The Morgan fingerprint density at radius 2 is 2.09 bits per heavy atom. The van der Waals surface area contributed by atoms with Gasteiger partial charge >= 0.3 is 0 Å². The summed E-state index contributed by atoms with van der Waals surface area (Å²) in [5, 5.41) is 7.80. The molecular weight excluding hydrogens is 440 g/mol. The van der Waals surface area contributed by atoms with Crippen LogP contribution in [0.1, 0.15) is 50.6 Å². The zero-order valence-electron chi connectivity index (χ0n) is 19.2. The maximum absolute atomic E-state index is 13.3. The summed E-state index contributed by atoms with van der Waals surface area (Å²) in [6, 6.07) is 5.63. The molecule has 10 heteroatoms. The molecule has 1 saturated heterocycles. The Morgan fingerprint density at radius 1 is 1.24 bits per heavy atom. The zero-order chi connectivity index (χ0) is 23.8. The molecule has 5 rings (SSSR count). The first-order chi connectivity index (χ1) is 16.4. The summed E-state index contributed by atoms with van der Waals surface area (Å²) in [7, 11) is 1.81. The molecule has 2 atom stereocenters. The van der Waals surface area contributed by atoms with Crippen molar-refractivity contribution in [2.45, 2.75) is 57.4 Å². The van der Waals surface area contributed by atoms with Gasteiger partial charge in [0.1, 0.15) is 0 Å². The number of aliphatic imine (C=N–C) groups is 1. The van der Waals surface area contributed by atoms with E-state index in [0.717, 1.165) is 23.2 Å². The monoisotopic (exact) mass is 467 g/mol. The SMILES string of the molecule is CC1=Nc2ccc(-c3ccn4nc(NC5CCN(C)C(=O)C5)ncc34)nc2C(CC(F)F)CC1. The second-order valence-corrected chi connectivity index (χ2v) is 9.10. The van der Waals surface area contributed by atoms with Gasteiger partial charge in [-0.2, -0.15) is 0 Å². The van der Waals surface area contributed by atoms with Gasteiger partial charge in [0, 0.05) is 55.9 Å². The standard InChI is InChI=1S/C24H27F2N7O/c1-14-3-4-15(11-21(25)26)23-19(28-14)6-5-18(30-23)17-8-10-33-20(17)13-27-24(31-33)29-16-7-9-32(2)22(34)12-16/h5-6,8,10,13,15-16,21H,3-4,7,9,11-12H2,1-2H3,(H,29,31). The third-order valence-corrected chi connectivity index (χ3v) is 6.60. The summed E-state index contributed by atoms with van der Waals surface area (Å²) in [5.41, 5.74) is 4.49. The van der Waals surface area contributed by atoms with Gasteiger partial charge in [-0.15, -0.1) is 5.10 Å². The number of nitrogens with one attached hydrogen (secondary N) is 1. The molecule has 2 aliphatic heterocycles.